The second-order valence-electron chi connectivity index (χ2n) is 6.30. The normalized spacial score (nSPS) is 13.1. The van der Waals surface area contributed by atoms with Crippen LogP contribution in [0.1, 0.15) is 41.5 Å². The Morgan fingerprint density at radius 2 is 1.42 bits per heavy atom. The van der Waals surface area contributed by atoms with Gasteiger partial charge in [-0.05, 0) is 28.9 Å². The van der Waals surface area contributed by atoms with Gasteiger partial charge in [-0.2, -0.15) is 0 Å². The van der Waals surface area contributed by atoms with E-state index in [4.69, 9.17) is 0 Å². The first-order chi connectivity index (χ1) is 8.92. The van der Waals surface area contributed by atoms with Crippen molar-refractivity contribution in [2.75, 3.05) is 0 Å². The van der Waals surface area contributed by atoms with Gasteiger partial charge in [-0.25, -0.2) is 4.98 Å². The summed E-state index contributed by atoms with van der Waals surface area (Å²) in [6.07, 6.45) is 5.80. The molecule has 2 heterocycles. The third-order valence-corrected chi connectivity index (χ3v) is 11.3. The van der Waals surface area contributed by atoms with Gasteiger partial charge in [0, 0.05) is 12.4 Å². The summed E-state index contributed by atoms with van der Waals surface area (Å²) in [6.45, 7) is 14.2. The maximum Gasteiger partial charge on any atom is 0.171 e. The van der Waals surface area contributed by atoms with Gasteiger partial charge in [-0.1, -0.05) is 41.5 Å². The average Bonchev–Trinajstić information content (AvgIpc) is 2.73. The molecule has 2 aromatic heterocycles. The number of rotatable bonds is 4. The zero-order valence-corrected chi connectivity index (χ0v) is 13.9. The summed E-state index contributed by atoms with van der Waals surface area (Å²) in [5.74, 6) is 0. The highest BCUT2D eigenvalue weighted by molar-refractivity contribution is 6.82. The molecule has 0 atom stereocenters. The molecule has 2 rings (SSSR count). The summed E-state index contributed by atoms with van der Waals surface area (Å²) in [5, 5.41) is 0. The third-order valence-electron chi connectivity index (χ3n) is 4.51. The molecule has 19 heavy (non-hydrogen) atoms. The van der Waals surface area contributed by atoms with Crippen molar-refractivity contribution in [2.45, 2.75) is 58.2 Å². The van der Waals surface area contributed by atoms with Crippen LogP contribution >= 0.6 is 0 Å². The van der Waals surface area contributed by atoms with E-state index in [0.29, 0.717) is 16.6 Å². The maximum absolute atomic E-state index is 4.59. The van der Waals surface area contributed by atoms with Crippen LogP contribution in [0.4, 0.5) is 0 Å². The molecule has 0 aliphatic carbocycles. The molecule has 0 spiro atoms. The van der Waals surface area contributed by atoms with Crippen LogP contribution in [0, 0.1) is 0 Å². The molecule has 0 radical (unpaired) electrons. The van der Waals surface area contributed by atoms with E-state index >= 15 is 0 Å². The quantitative estimate of drug-likeness (QED) is 0.772. The molecule has 104 valence electrons. The highest BCUT2D eigenvalue weighted by Crippen LogP contribution is 2.43. The molecule has 0 bridgehead atoms. The van der Waals surface area contributed by atoms with Crippen molar-refractivity contribution < 1.29 is 0 Å². The Morgan fingerprint density at radius 3 is 1.95 bits per heavy atom. The second-order valence-corrected chi connectivity index (χ2v) is 12.0. The third kappa shape index (κ3) is 2.02. The van der Waals surface area contributed by atoms with Crippen molar-refractivity contribution in [2.24, 2.45) is 0 Å². The van der Waals surface area contributed by atoms with Gasteiger partial charge in [0.25, 0.3) is 0 Å². The summed E-state index contributed by atoms with van der Waals surface area (Å²) < 4.78 is 2.50. The summed E-state index contributed by atoms with van der Waals surface area (Å²) in [4.78, 5) is 9.02. The molecule has 0 aliphatic rings. The Hall–Kier alpha value is -1.16. The Bertz CT molecular complexity index is 535. The molecule has 0 fully saturated rings. The van der Waals surface area contributed by atoms with E-state index in [1.54, 1.807) is 12.4 Å². The van der Waals surface area contributed by atoms with Crippen molar-refractivity contribution in [3.8, 4) is 0 Å². The predicted octanol–water partition coefficient (Wildman–Crippen LogP) is 4.45. The molecule has 0 saturated carbocycles. The number of hydrogen-bond donors (Lipinski definition) is 0. The van der Waals surface area contributed by atoms with E-state index in [-0.39, 0.29) is 0 Å². The topological polar surface area (TPSA) is 30.7 Å². The van der Waals surface area contributed by atoms with Gasteiger partial charge >= 0.3 is 0 Å². The van der Waals surface area contributed by atoms with Gasteiger partial charge in [-0.15, -0.1) is 0 Å². The number of nitrogens with zero attached hydrogens (tertiary/aromatic N) is 3. The number of aromatic nitrogens is 3. The Balaban J connectivity index is 2.74. The van der Waals surface area contributed by atoms with Crippen LogP contribution in [0.3, 0.4) is 0 Å². The fourth-order valence-corrected chi connectivity index (χ4v) is 10.5. The van der Waals surface area contributed by atoms with Crippen molar-refractivity contribution in [1.29, 1.82) is 0 Å². The smallest absolute Gasteiger partial charge is 0.171 e. The van der Waals surface area contributed by atoms with E-state index in [9.17, 15) is 0 Å². The molecule has 4 heteroatoms. The molecule has 2 aromatic rings. The van der Waals surface area contributed by atoms with E-state index in [1.165, 1.54) is 0 Å². The van der Waals surface area contributed by atoms with Crippen LogP contribution in [0.25, 0.3) is 11.2 Å². The fraction of sp³-hybridized carbons (Fsp3) is 0.600. The van der Waals surface area contributed by atoms with Crippen LogP contribution in [0.5, 0.6) is 0 Å². The summed E-state index contributed by atoms with van der Waals surface area (Å²) in [6, 6.07) is 2.11. The molecule has 0 N–H and O–H groups in total. The van der Waals surface area contributed by atoms with Crippen LogP contribution in [0.15, 0.2) is 24.7 Å². The molecule has 0 unspecified atom stereocenters. The van der Waals surface area contributed by atoms with E-state index in [2.05, 4.69) is 68.0 Å². The van der Waals surface area contributed by atoms with Gasteiger partial charge < -0.3 is 4.23 Å². The highest BCUT2D eigenvalue weighted by atomic mass is 28.3. The van der Waals surface area contributed by atoms with Gasteiger partial charge in [-0.3, -0.25) is 4.98 Å². The lowest BCUT2D eigenvalue weighted by Crippen LogP contribution is -2.51. The standard InChI is InChI=1S/C15H25N3Si/c1-11(2)19(12(3)4,13(5)6)18-10-7-14-15(18)17-9-8-16-14/h7-13H,1-6H3. The van der Waals surface area contributed by atoms with Gasteiger partial charge in [0.1, 0.15) is 5.52 Å². The minimum atomic E-state index is -1.70. The van der Waals surface area contributed by atoms with Crippen LogP contribution in [-0.4, -0.2) is 22.4 Å². The lowest BCUT2D eigenvalue weighted by Gasteiger charge is -2.44. The zero-order valence-electron chi connectivity index (χ0n) is 12.9. The number of fused-ring (bicyclic) bond motifs is 1. The minimum absolute atomic E-state index is 0.671. The lowest BCUT2D eigenvalue weighted by atomic mass is 10.5. The van der Waals surface area contributed by atoms with E-state index in [0.717, 1.165) is 11.2 Å². The summed E-state index contributed by atoms with van der Waals surface area (Å²) >= 11 is 0. The Labute approximate surface area is 117 Å². The van der Waals surface area contributed by atoms with Crippen LogP contribution < -0.4 is 0 Å². The summed E-state index contributed by atoms with van der Waals surface area (Å²) in [5.41, 5.74) is 4.09. The second kappa shape index (κ2) is 5.08. The SMILES string of the molecule is CC(C)[Si](C(C)C)(C(C)C)n1ccc2nccnc21. The molecule has 0 aromatic carbocycles. The zero-order chi connectivity index (χ0) is 14.2. The first kappa shape index (κ1) is 14.3. The largest absolute Gasteiger partial charge is 0.357 e. The molecule has 0 aliphatic heterocycles. The maximum atomic E-state index is 4.59. The Kier molecular flexibility index (Phi) is 3.81. The lowest BCUT2D eigenvalue weighted by molar-refractivity contribution is 0.770. The molecule has 0 amide bonds. The Morgan fingerprint density at radius 1 is 0.895 bits per heavy atom. The summed E-state index contributed by atoms with van der Waals surface area (Å²) in [7, 11) is -1.70. The molecular weight excluding hydrogens is 250 g/mol. The van der Waals surface area contributed by atoms with E-state index < -0.39 is 8.24 Å². The minimum Gasteiger partial charge on any atom is -0.357 e. The first-order valence-electron chi connectivity index (χ1n) is 7.20. The van der Waals surface area contributed by atoms with Crippen molar-refractivity contribution in [1.82, 2.24) is 14.2 Å². The fourth-order valence-electron chi connectivity index (χ4n) is 4.01. The first-order valence-corrected chi connectivity index (χ1v) is 9.38. The van der Waals surface area contributed by atoms with Crippen molar-refractivity contribution in [3.63, 3.8) is 0 Å². The predicted molar refractivity (Wildman–Crippen MR) is 84.0 cm³/mol. The number of hydrogen-bond acceptors (Lipinski definition) is 2. The molecule has 0 saturated heterocycles. The van der Waals surface area contributed by atoms with Crippen molar-refractivity contribution in [3.05, 3.63) is 24.7 Å². The van der Waals surface area contributed by atoms with E-state index in [1.807, 2.05) is 0 Å². The molecular formula is C15H25N3Si. The monoisotopic (exact) mass is 275 g/mol. The van der Waals surface area contributed by atoms with Gasteiger partial charge in [0.15, 0.2) is 13.9 Å². The average molecular weight is 275 g/mol. The highest BCUT2D eigenvalue weighted by Gasteiger charge is 2.45. The van der Waals surface area contributed by atoms with Gasteiger partial charge in [0.2, 0.25) is 0 Å². The molecule has 3 nitrogen and oxygen atoms in total. The van der Waals surface area contributed by atoms with Crippen molar-refractivity contribution >= 4 is 19.4 Å². The van der Waals surface area contributed by atoms with Gasteiger partial charge in [0.05, 0.1) is 0 Å². The van der Waals surface area contributed by atoms with Crippen LogP contribution in [-0.2, 0) is 0 Å². The van der Waals surface area contributed by atoms with Crippen LogP contribution in [0.2, 0.25) is 16.6 Å².